The van der Waals surface area contributed by atoms with Crippen LogP contribution >= 0.6 is 24.8 Å². The molecule has 3 N–H and O–H groups in total. The third-order valence-electron chi connectivity index (χ3n) is 3.81. The molecule has 126 valence electrons. The molecule has 1 aliphatic rings. The molecule has 0 aromatic heterocycles. The van der Waals surface area contributed by atoms with E-state index in [-0.39, 0.29) is 36.8 Å². The molecule has 0 spiro atoms. The minimum atomic E-state index is -0.827. The van der Waals surface area contributed by atoms with Gasteiger partial charge in [-0.1, -0.05) is 30.3 Å². The Morgan fingerprint density at radius 1 is 1.23 bits per heavy atom. The van der Waals surface area contributed by atoms with Crippen molar-refractivity contribution in [3.63, 3.8) is 0 Å². The second-order valence-corrected chi connectivity index (χ2v) is 6.10. The minimum Gasteiger partial charge on any atom is -0.353 e. The molecule has 2 rings (SSSR count). The fourth-order valence-electron chi connectivity index (χ4n) is 2.60. The van der Waals surface area contributed by atoms with E-state index in [1.165, 1.54) is 18.4 Å². The van der Waals surface area contributed by atoms with Gasteiger partial charge in [0.2, 0.25) is 5.91 Å². The summed E-state index contributed by atoms with van der Waals surface area (Å²) in [6.45, 7) is 6.28. The molecule has 1 saturated heterocycles. The summed E-state index contributed by atoms with van der Waals surface area (Å²) in [5, 5.41) is 2.99. The van der Waals surface area contributed by atoms with Crippen molar-refractivity contribution in [2.75, 3.05) is 19.6 Å². The Bertz CT molecular complexity index is 442. The minimum absolute atomic E-state index is 0. The molecule has 0 bridgehead atoms. The fourth-order valence-corrected chi connectivity index (χ4v) is 2.60. The van der Waals surface area contributed by atoms with Crippen molar-refractivity contribution in [3.05, 3.63) is 35.9 Å². The van der Waals surface area contributed by atoms with Crippen LogP contribution in [0.25, 0.3) is 0 Å². The molecule has 0 aliphatic carbocycles. The number of amides is 1. The predicted molar refractivity (Wildman–Crippen MR) is 95.8 cm³/mol. The summed E-state index contributed by atoms with van der Waals surface area (Å²) in [5.41, 5.74) is 6.26. The van der Waals surface area contributed by atoms with Crippen LogP contribution in [0, 0.1) is 0 Å². The maximum atomic E-state index is 12.0. The van der Waals surface area contributed by atoms with Gasteiger partial charge in [0.15, 0.2) is 0 Å². The molecule has 1 unspecified atom stereocenters. The Labute approximate surface area is 145 Å². The van der Waals surface area contributed by atoms with Crippen molar-refractivity contribution in [1.82, 2.24) is 10.2 Å². The highest BCUT2D eigenvalue weighted by Crippen LogP contribution is 2.24. The summed E-state index contributed by atoms with van der Waals surface area (Å²) < 4.78 is 0. The van der Waals surface area contributed by atoms with Crippen molar-refractivity contribution in [2.45, 2.75) is 38.3 Å². The summed E-state index contributed by atoms with van der Waals surface area (Å²) in [4.78, 5) is 14.4. The maximum absolute atomic E-state index is 12.0. The second kappa shape index (κ2) is 9.36. The van der Waals surface area contributed by atoms with Gasteiger partial charge >= 0.3 is 0 Å². The average molecular weight is 348 g/mol. The fraction of sp³-hybridized carbons (Fsp3) is 0.562. The molecule has 1 fully saturated rings. The van der Waals surface area contributed by atoms with Crippen molar-refractivity contribution >= 4 is 30.7 Å². The SMILES string of the molecule is CC(C)(N)C(=O)NCC(c1ccccc1)N1CCCC1.Cl.Cl. The molecule has 1 aromatic rings. The van der Waals surface area contributed by atoms with Crippen LogP contribution in [-0.2, 0) is 4.79 Å². The molecule has 1 aliphatic heterocycles. The first kappa shape index (κ1) is 21.2. The van der Waals surface area contributed by atoms with Gasteiger partial charge in [-0.3, -0.25) is 9.69 Å². The topological polar surface area (TPSA) is 58.4 Å². The van der Waals surface area contributed by atoms with E-state index in [1.54, 1.807) is 13.8 Å². The summed E-state index contributed by atoms with van der Waals surface area (Å²) in [6, 6.07) is 10.6. The van der Waals surface area contributed by atoms with E-state index in [2.05, 4.69) is 22.3 Å². The zero-order valence-electron chi connectivity index (χ0n) is 13.2. The normalized spacial score (nSPS) is 16.3. The first-order valence-electron chi connectivity index (χ1n) is 7.34. The number of rotatable bonds is 5. The zero-order valence-corrected chi connectivity index (χ0v) is 14.9. The molecule has 1 heterocycles. The van der Waals surface area contributed by atoms with Crippen molar-refractivity contribution in [2.24, 2.45) is 5.73 Å². The van der Waals surface area contributed by atoms with Crippen LogP contribution in [0.15, 0.2) is 30.3 Å². The van der Waals surface area contributed by atoms with Gasteiger partial charge in [-0.15, -0.1) is 24.8 Å². The molecule has 1 atom stereocenters. The van der Waals surface area contributed by atoms with Gasteiger partial charge < -0.3 is 11.1 Å². The molecule has 4 nitrogen and oxygen atoms in total. The number of benzene rings is 1. The van der Waals surface area contributed by atoms with Crippen molar-refractivity contribution in [1.29, 1.82) is 0 Å². The lowest BCUT2D eigenvalue weighted by Crippen LogP contribution is -2.50. The Hall–Kier alpha value is -0.810. The Morgan fingerprint density at radius 2 is 1.77 bits per heavy atom. The van der Waals surface area contributed by atoms with E-state index >= 15 is 0 Å². The van der Waals surface area contributed by atoms with E-state index in [0.29, 0.717) is 6.54 Å². The van der Waals surface area contributed by atoms with Crippen LogP contribution in [-0.4, -0.2) is 36.0 Å². The number of carbonyl (C=O) groups excluding carboxylic acids is 1. The van der Waals surface area contributed by atoms with E-state index in [4.69, 9.17) is 5.73 Å². The van der Waals surface area contributed by atoms with Gasteiger partial charge in [0, 0.05) is 6.54 Å². The van der Waals surface area contributed by atoms with Gasteiger partial charge in [-0.05, 0) is 45.3 Å². The average Bonchev–Trinajstić information content (AvgIpc) is 2.93. The monoisotopic (exact) mass is 347 g/mol. The quantitative estimate of drug-likeness (QED) is 0.860. The number of halogens is 2. The maximum Gasteiger partial charge on any atom is 0.239 e. The van der Waals surface area contributed by atoms with Gasteiger partial charge in [-0.25, -0.2) is 0 Å². The van der Waals surface area contributed by atoms with Gasteiger partial charge in [0.25, 0.3) is 0 Å². The molecule has 1 amide bonds. The molecule has 0 radical (unpaired) electrons. The number of hydrogen-bond acceptors (Lipinski definition) is 3. The Kier molecular flexibility index (Phi) is 9.01. The smallest absolute Gasteiger partial charge is 0.239 e. The summed E-state index contributed by atoms with van der Waals surface area (Å²) in [5.74, 6) is -0.0994. The van der Waals surface area contributed by atoms with Gasteiger partial charge in [0.05, 0.1) is 11.6 Å². The lowest BCUT2D eigenvalue weighted by molar-refractivity contribution is -0.125. The number of hydrogen-bond donors (Lipinski definition) is 2. The summed E-state index contributed by atoms with van der Waals surface area (Å²) in [6.07, 6.45) is 2.47. The van der Waals surface area contributed by atoms with Crippen LogP contribution in [0.4, 0.5) is 0 Å². The van der Waals surface area contributed by atoms with Gasteiger partial charge in [0.1, 0.15) is 0 Å². The number of likely N-dealkylation sites (tertiary alicyclic amines) is 1. The van der Waals surface area contributed by atoms with E-state index < -0.39 is 5.54 Å². The van der Waals surface area contributed by atoms with Crippen LogP contribution in [0.5, 0.6) is 0 Å². The van der Waals surface area contributed by atoms with Crippen LogP contribution < -0.4 is 11.1 Å². The van der Waals surface area contributed by atoms with Crippen LogP contribution in [0.1, 0.15) is 38.3 Å². The second-order valence-electron chi connectivity index (χ2n) is 6.10. The molecule has 1 aromatic carbocycles. The third kappa shape index (κ3) is 5.76. The Morgan fingerprint density at radius 3 is 2.27 bits per heavy atom. The number of nitrogens with one attached hydrogen (secondary N) is 1. The van der Waals surface area contributed by atoms with E-state index in [1.807, 2.05) is 18.2 Å². The van der Waals surface area contributed by atoms with Crippen LogP contribution in [0.2, 0.25) is 0 Å². The Balaban J connectivity index is 0.00000220. The van der Waals surface area contributed by atoms with Crippen molar-refractivity contribution < 1.29 is 4.79 Å². The zero-order chi connectivity index (χ0) is 14.6. The number of carbonyl (C=O) groups is 1. The van der Waals surface area contributed by atoms with Gasteiger partial charge in [-0.2, -0.15) is 0 Å². The number of nitrogens with two attached hydrogens (primary N) is 1. The molecular weight excluding hydrogens is 321 g/mol. The summed E-state index contributed by atoms with van der Waals surface area (Å²) in [7, 11) is 0. The highest BCUT2D eigenvalue weighted by molar-refractivity contribution is 5.86. The molecule has 6 heteroatoms. The molecule has 0 saturated carbocycles. The third-order valence-corrected chi connectivity index (χ3v) is 3.81. The van der Waals surface area contributed by atoms with E-state index in [9.17, 15) is 4.79 Å². The summed E-state index contributed by atoms with van der Waals surface area (Å²) >= 11 is 0. The number of nitrogens with zero attached hydrogens (tertiary/aromatic N) is 1. The standard InChI is InChI=1S/C16H25N3O.2ClH/c1-16(2,17)15(20)18-12-14(19-10-6-7-11-19)13-8-4-3-5-9-13;;/h3-5,8-9,14H,6-7,10-12,17H2,1-2H3,(H,18,20);2*1H. The highest BCUT2D eigenvalue weighted by atomic mass is 35.5. The van der Waals surface area contributed by atoms with E-state index in [0.717, 1.165) is 13.1 Å². The highest BCUT2D eigenvalue weighted by Gasteiger charge is 2.26. The lowest BCUT2D eigenvalue weighted by Gasteiger charge is -2.29. The molecule has 22 heavy (non-hydrogen) atoms. The lowest BCUT2D eigenvalue weighted by atomic mass is 10.0. The molecular formula is C16H27Cl2N3O. The van der Waals surface area contributed by atoms with Crippen LogP contribution in [0.3, 0.4) is 0 Å². The first-order valence-corrected chi connectivity index (χ1v) is 7.34. The van der Waals surface area contributed by atoms with Crippen molar-refractivity contribution in [3.8, 4) is 0 Å². The predicted octanol–water partition coefficient (Wildman–Crippen LogP) is 2.52. The first-order chi connectivity index (χ1) is 9.48. The largest absolute Gasteiger partial charge is 0.353 e.